The predicted octanol–water partition coefficient (Wildman–Crippen LogP) is 2.55. The first kappa shape index (κ1) is 13.0. The average molecular weight is 292 g/mol. The van der Waals surface area contributed by atoms with E-state index in [1.165, 1.54) is 0 Å². The maximum absolute atomic E-state index is 12.6. The molecule has 2 saturated heterocycles. The van der Waals surface area contributed by atoms with Crippen molar-refractivity contribution in [3.8, 4) is 0 Å². The number of pyridine rings is 1. The number of hydrogen-bond acceptors (Lipinski definition) is 3. The first-order valence-corrected chi connectivity index (χ1v) is 6.54. The second-order valence-corrected chi connectivity index (χ2v) is 5.40. The van der Waals surface area contributed by atoms with Gasteiger partial charge < -0.3 is 10.2 Å². The minimum Gasteiger partial charge on any atom is -0.351 e. The predicted molar refractivity (Wildman–Crippen MR) is 66.4 cm³/mol. The Hall–Kier alpha value is -1.01. The number of nitrogens with zero attached hydrogens (tertiary/aromatic N) is 2. The van der Waals surface area contributed by atoms with Gasteiger partial charge in [-0.3, -0.25) is 0 Å². The van der Waals surface area contributed by atoms with E-state index >= 15 is 0 Å². The van der Waals surface area contributed by atoms with E-state index in [0.717, 1.165) is 38.3 Å². The van der Waals surface area contributed by atoms with Crippen LogP contribution in [0.25, 0.3) is 0 Å². The highest BCUT2D eigenvalue weighted by atomic mass is 35.5. The summed E-state index contributed by atoms with van der Waals surface area (Å²) in [5, 5.41) is 3.36. The highest BCUT2D eigenvalue weighted by Crippen LogP contribution is 2.37. The third-order valence-corrected chi connectivity index (χ3v) is 4.14. The number of alkyl halides is 3. The van der Waals surface area contributed by atoms with Crippen LogP contribution in [0.5, 0.6) is 0 Å². The number of rotatable bonds is 1. The molecule has 0 saturated carbocycles. The summed E-state index contributed by atoms with van der Waals surface area (Å²) in [6.07, 6.45) is -2.52. The summed E-state index contributed by atoms with van der Waals surface area (Å²) < 4.78 is 37.7. The Morgan fingerprint density at radius 2 is 2.16 bits per heavy atom. The van der Waals surface area contributed by atoms with Gasteiger partial charge in [0.1, 0.15) is 5.82 Å². The lowest BCUT2D eigenvalue weighted by molar-refractivity contribution is -0.137. The molecule has 0 radical (unpaired) electrons. The van der Waals surface area contributed by atoms with Crippen LogP contribution in [0.2, 0.25) is 5.02 Å². The Balaban J connectivity index is 1.90. The van der Waals surface area contributed by atoms with Gasteiger partial charge in [0, 0.05) is 31.9 Å². The molecule has 0 aliphatic carbocycles. The molecule has 1 aromatic rings. The summed E-state index contributed by atoms with van der Waals surface area (Å²) in [7, 11) is 0. The van der Waals surface area contributed by atoms with E-state index < -0.39 is 11.7 Å². The summed E-state index contributed by atoms with van der Waals surface area (Å²) in [6, 6.07) is 1.25. The second-order valence-electron chi connectivity index (χ2n) is 4.99. The monoisotopic (exact) mass is 291 g/mol. The van der Waals surface area contributed by atoms with Gasteiger partial charge in [-0.2, -0.15) is 13.2 Å². The lowest BCUT2D eigenvalue weighted by Gasteiger charge is -2.25. The van der Waals surface area contributed by atoms with Gasteiger partial charge in [-0.05, 0) is 18.4 Å². The zero-order valence-electron chi connectivity index (χ0n) is 10.0. The number of fused-ring (bicyclic) bond motifs is 1. The lowest BCUT2D eigenvalue weighted by Crippen LogP contribution is -2.35. The van der Waals surface area contributed by atoms with Crippen molar-refractivity contribution >= 4 is 17.4 Å². The zero-order chi connectivity index (χ0) is 13.6. The van der Waals surface area contributed by atoms with E-state index in [2.05, 4.69) is 10.3 Å². The van der Waals surface area contributed by atoms with Crippen LogP contribution in [-0.4, -0.2) is 30.7 Å². The Morgan fingerprint density at radius 1 is 1.37 bits per heavy atom. The third-order valence-electron chi connectivity index (χ3n) is 3.87. The maximum atomic E-state index is 12.6. The molecule has 104 valence electrons. The zero-order valence-corrected chi connectivity index (χ0v) is 10.8. The minimum absolute atomic E-state index is 0.0716. The molecular weight excluding hydrogens is 279 g/mol. The fourth-order valence-electron chi connectivity index (χ4n) is 2.91. The van der Waals surface area contributed by atoms with E-state index in [1.54, 1.807) is 0 Å². The van der Waals surface area contributed by atoms with E-state index in [9.17, 15) is 13.2 Å². The number of halogens is 4. The first-order valence-electron chi connectivity index (χ1n) is 6.17. The van der Waals surface area contributed by atoms with Crippen molar-refractivity contribution in [1.29, 1.82) is 0 Å². The Kier molecular flexibility index (Phi) is 3.09. The molecule has 0 aromatic carbocycles. The largest absolute Gasteiger partial charge is 0.417 e. The van der Waals surface area contributed by atoms with Gasteiger partial charge in [0.15, 0.2) is 0 Å². The molecular formula is C12H13ClF3N3. The molecule has 2 aliphatic heterocycles. The maximum Gasteiger partial charge on any atom is 0.417 e. The molecule has 0 bridgehead atoms. The molecule has 7 heteroatoms. The topological polar surface area (TPSA) is 28.2 Å². The first-order chi connectivity index (χ1) is 8.97. The lowest BCUT2D eigenvalue weighted by atomic mass is 10.1. The van der Waals surface area contributed by atoms with Crippen LogP contribution >= 0.6 is 11.6 Å². The quantitative estimate of drug-likeness (QED) is 0.862. The summed E-state index contributed by atoms with van der Waals surface area (Å²) in [5.74, 6) is 1.01. The van der Waals surface area contributed by atoms with Gasteiger partial charge >= 0.3 is 6.18 Å². The molecule has 2 aliphatic rings. The molecule has 3 nitrogen and oxygen atoms in total. The normalized spacial score (nSPS) is 26.8. The van der Waals surface area contributed by atoms with Crippen molar-refractivity contribution in [3.63, 3.8) is 0 Å². The van der Waals surface area contributed by atoms with Crippen LogP contribution in [0.4, 0.5) is 19.0 Å². The second kappa shape index (κ2) is 4.52. The van der Waals surface area contributed by atoms with Crippen molar-refractivity contribution in [1.82, 2.24) is 10.3 Å². The smallest absolute Gasteiger partial charge is 0.351 e. The van der Waals surface area contributed by atoms with Gasteiger partial charge in [0.2, 0.25) is 0 Å². The number of nitrogens with one attached hydrogen (secondary N) is 1. The fourth-order valence-corrected chi connectivity index (χ4v) is 3.18. The van der Waals surface area contributed by atoms with Crippen molar-refractivity contribution in [2.24, 2.45) is 5.92 Å². The summed E-state index contributed by atoms with van der Waals surface area (Å²) in [5.41, 5.74) is -0.804. The fraction of sp³-hybridized carbons (Fsp3) is 0.583. The van der Waals surface area contributed by atoms with E-state index in [0.29, 0.717) is 17.8 Å². The highest BCUT2D eigenvalue weighted by Gasteiger charge is 2.39. The van der Waals surface area contributed by atoms with Crippen molar-refractivity contribution in [3.05, 3.63) is 22.8 Å². The molecule has 2 fully saturated rings. The van der Waals surface area contributed by atoms with Crippen LogP contribution < -0.4 is 10.2 Å². The van der Waals surface area contributed by atoms with Crippen LogP contribution in [-0.2, 0) is 6.18 Å². The van der Waals surface area contributed by atoms with Crippen molar-refractivity contribution in [2.75, 3.05) is 24.5 Å². The number of aromatic nitrogens is 1. The standard InChI is InChI=1S/C12H13ClF3N3/c13-9-3-8(12(14,15)16)5-18-11(9)19-2-1-7-4-17-6-10(7)19/h3,5,7,10,17H,1-2,4,6H2/t7-,10+/m0/s1. The van der Waals surface area contributed by atoms with Gasteiger partial charge in [0.25, 0.3) is 0 Å². The van der Waals surface area contributed by atoms with Crippen molar-refractivity contribution < 1.29 is 13.2 Å². The summed E-state index contributed by atoms with van der Waals surface area (Å²) in [6.45, 7) is 2.60. The summed E-state index contributed by atoms with van der Waals surface area (Å²) >= 11 is 5.98. The summed E-state index contributed by atoms with van der Waals surface area (Å²) in [4.78, 5) is 5.95. The van der Waals surface area contributed by atoms with Crippen molar-refractivity contribution in [2.45, 2.75) is 18.6 Å². The van der Waals surface area contributed by atoms with Gasteiger partial charge in [0.05, 0.1) is 10.6 Å². The molecule has 1 N–H and O–H groups in total. The molecule has 0 amide bonds. The Bertz CT molecular complexity index is 492. The Morgan fingerprint density at radius 3 is 2.84 bits per heavy atom. The molecule has 0 unspecified atom stereocenters. The van der Waals surface area contributed by atoms with E-state index in [-0.39, 0.29) is 5.02 Å². The molecule has 0 spiro atoms. The van der Waals surface area contributed by atoms with E-state index in [4.69, 9.17) is 11.6 Å². The Labute approximate surface area is 113 Å². The minimum atomic E-state index is -4.41. The number of hydrogen-bond donors (Lipinski definition) is 1. The van der Waals surface area contributed by atoms with E-state index in [1.807, 2.05) is 4.90 Å². The van der Waals surface area contributed by atoms with Crippen LogP contribution in [0.15, 0.2) is 12.3 Å². The molecule has 19 heavy (non-hydrogen) atoms. The average Bonchev–Trinajstić information content (AvgIpc) is 2.90. The SMILES string of the molecule is FC(F)(F)c1cnc(N2CC[C@H]3CNC[C@H]32)c(Cl)c1. The van der Waals surface area contributed by atoms with Crippen LogP contribution in [0.1, 0.15) is 12.0 Å². The molecule has 3 rings (SSSR count). The van der Waals surface area contributed by atoms with Gasteiger partial charge in [-0.15, -0.1) is 0 Å². The molecule has 3 heterocycles. The van der Waals surface area contributed by atoms with Gasteiger partial charge in [-0.25, -0.2) is 4.98 Å². The molecule has 2 atom stereocenters. The molecule has 1 aromatic heterocycles. The van der Waals surface area contributed by atoms with Gasteiger partial charge in [-0.1, -0.05) is 11.6 Å². The van der Waals surface area contributed by atoms with Crippen LogP contribution in [0, 0.1) is 5.92 Å². The number of anilines is 1. The van der Waals surface area contributed by atoms with Crippen LogP contribution in [0.3, 0.4) is 0 Å². The highest BCUT2D eigenvalue weighted by molar-refractivity contribution is 6.33. The third kappa shape index (κ3) is 2.27.